The molecule has 3 aliphatic rings. The molecule has 1 saturated carbocycles. The fraction of sp³-hybridized carbons (Fsp3) is 0.409. The van der Waals surface area contributed by atoms with Gasteiger partial charge in [0.1, 0.15) is 17.1 Å². The summed E-state index contributed by atoms with van der Waals surface area (Å²) in [6, 6.07) is 3.84. The summed E-state index contributed by atoms with van der Waals surface area (Å²) in [6.07, 6.45) is -2.15. The molecule has 1 fully saturated rings. The molecule has 0 radical (unpaired) electrons. The number of phenols is 1. The molecule has 1 amide bonds. The number of likely N-dealkylation sites (N-methyl/N-ethyl adjacent to an activating group) is 1. The maximum absolute atomic E-state index is 13.7. The number of aliphatic hydroxyl groups is 6. The van der Waals surface area contributed by atoms with E-state index in [-0.39, 0.29) is 11.1 Å². The smallest absolute Gasteiger partial charge is 0.256 e. The largest absolute Gasteiger partial charge is 0.507 e. The molecule has 34 heavy (non-hydrogen) atoms. The summed E-state index contributed by atoms with van der Waals surface area (Å²) in [5.74, 6) is -11.5. The van der Waals surface area contributed by atoms with Crippen molar-refractivity contribution in [2.75, 3.05) is 14.1 Å². The number of benzene rings is 1. The zero-order chi connectivity index (χ0) is 25.7. The van der Waals surface area contributed by atoms with Gasteiger partial charge < -0.3 is 41.5 Å². The molecule has 182 valence electrons. The van der Waals surface area contributed by atoms with E-state index in [0.29, 0.717) is 0 Å². The van der Waals surface area contributed by atoms with Gasteiger partial charge in [0.05, 0.1) is 34.7 Å². The first-order valence-electron chi connectivity index (χ1n) is 10.2. The van der Waals surface area contributed by atoms with Crippen molar-refractivity contribution in [3.05, 3.63) is 46.2 Å². The van der Waals surface area contributed by atoms with E-state index < -0.39 is 80.8 Å². The van der Waals surface area contributed by atoms with E-state index in [9.17, 15) is 50.1 Å². The summed E-state index contributed by atoms with van der Waals surface area (Å²) >= 11 is 0. The Bertz CT molecular complexity index is 1230. The van der Waals surface area contributed by atoms with Gasteiger partial charge in [-0.05, 0) is 32.6 Å². The molecule has 0 saturated heterocycles. The fourth-order valence-corrected chi connectivity index (χ4v) is 5.60. The van der Waals surface area contributed by atoms with Gasteiger partial charge in [0.25, 0.3) is 5.91 Å². The van der Waals surface area contributed by atoms with E-state index in [1.807, 2.05) is 0 Å². The quantitative estimate of drug-likeness (QED) is 0.131. The third kappa shape index (κ3) is 2.46. The highest BCUT2D eigenvalue weighted by Gasteiger charge is 2.75. The first-order chi connectivity index (χ1) is 15.6. The van der Waals surface area contributed by atoms with Crippen LogP contribution in [0.1, 0.15) is 18.1 Å². The number of primary amides is 1. The van der Waals surface area contributed by atoms with Gasteiger partial charge in [-0.1, -0.05) is 12.1 Å². The maximum atomic E-state index is 13.7. The highest BCUT2D eigenvalue weighted by atomic mass is 16.4. The van der Waals surface area contributed by atoms with Crippen LogP contribution in [0.3, 0.4) is 0 Å². The second-order valence-corrected chi connectivity index (χ2v) is 9.19. The molecule has 1 unspecified atom stereocenters. The van der Waals surface area contributed by atoms with Gasteiger partial charge in [-0.3, -0.25) is 19.3 Å². The van der Waals surface area contributed by atoms with Crippen LogP contribution in [0.2, 0.25) is 0 Å². The van der Waals surface area contributed by atoms with Gasteiger partial charge in [0.15, 0.2) is 11.5 Å². The van der Waals surface area contributed by atoms with Crippen LogP contribution >= 0.6 is 0 Å². The third-order valence-electron chi connectivity index (χ3n) is 7.24. The van der Waals surface area contributed by atoms with Crippen molar-refractivity contribution in [1.82, 2.24) is 4.90 Å². The lowest BCUT2D eigenvalue weighted by molar-refractivity contribution is -0.237. The normalized spacial score (nSPS) is 37.5. The van der Waals surface area contributed by atoms with E-state index >= 15 is 0 Å². The molecule has 3 aliphatic carbocycles. The van der Waals surface area contributed by atoms with Crippen molar-refractivity contribution >= 4 is 23.2 Å². The molecular weight excluding hydrogens is 452 g/mol. The molecule has 0 aliphatic heterocycles. The van der Waals surface area contributed by atoms with Gasteiger partial charge in [0, 0.05) is 0 Å². The summed E-state index contributed by atoms with van der Waals surface area (Å²) in [6.45, 7) is 1.17. The lowest BCUT2D eigenvalue weighted by Gasteiger charge is -2.57. The molecule has 9 N–H and O–H groups in total. The third-order valence-corrected chi connectivity index (χ3v) is 7.24. The van der Waals surface area contributed by atoms with Crippen LogP contribution < -0.4 is 5.73 Å². The summed E-state index contributed by atoms with van der Waals surface area (Å²) < 4.78 is 0. The number of hydrogen-bond donors (Lipinski definition) is 8. The lowest BCUT2D eigenvalue weighted by Crippen LogP contribution is -2.77. The number of amides is 1. The average molecular weight is 476 g/mol. The van der Waals surface area contributed by atoms with Crippen LogP contribution in [-0.4, -0.2) is 89.6 Å². The second-order valence-electron chi connectivity index (χ2n) is 9.19. The Morgan fingerprint density at radius 2 is 1.65 bits per heavy atom. The van der Waals surface area contributed by atoms with Crippen molar-refractivity contribution in [1.29, 1.82) is 0 Å². The summed E-state index contributed by atoms with van der Waals surface area (Å²) in [7, 11) is 2.36. The highest BCUT2D eigenvalue weighted by Crippen LogP contribution is 2.58. The molecule has 0 bridgehead atoms. The zero-order valence-electron chi connectivity index (χ0n) is 18.3. The van der Waals surface area contributed by atoms with Gasteiger partial charge >= 0.3 is 0 Å². The number of aromatic hydroxyl groups is 1. The zero-order valence-corrected chi connectivity index (χ0v) is 18.3. The Balaban J connectivity index is 2.13. The van der Waals surface area contributed by atoms with Crippen molar-refractivity contribution < 1.29 is 50.1 Å². The Kier molecular flexibility index (Phi) is 4.82. The van der Waals surface area contributed by atoms with Crippen LogP contribution in [0.25, 0.3) is 5.76 Å². The molecule has 12 nitrogen and oxygen atoms in total. The van der Waals surface area contributed by atoms with Crippen molar-refractivity contribution in [3.63, 3.8) is 0 Å². The van der Waals surface area contributed by atoms with E-state index in [0.717, 1.165) is 11.0 Å². The van der Waals surface area contributed by atoms with Crippen LogP contribution in [0.4, 0.5) is 0 Å². The predicted octanol–water partition coefficient (Wildman–Crippen LogP) is -2.08. The molecule has 0 heterocycles. The lowest BCUT2D eigenvalue weighted by atomic mass is 9.52. The molecule has 0 spiro atoms. The Morgan fingerprint density at radius 3 is 2.18 bits per heavy atom. The van der Waals surface area contributed by atoms with Gasteiger partial charge in [-0.15, -0.1) is 0 Å². The molecular formula is C22H24N2O10. The number of nitrogens with two attached hydrogens (primary N) is 1. The maximum Gasteiger partial charge on any atom is 0.256 e. The summed E-state index contributed by atoms with van der Waals surface area (Å²) in [5, 5.41) is 77.7. The number of phenolic OH excluding ortho intramolecular Hbond substituents is 1. The standard InChI is InChI=1S/C22H24N2O10/c1-20(32)7-5-4-6-8(25)9(7)13(26)10-12(20)14(27)15-21(33,16(10)28)17(29)11(19(23)31)18(30)22(15,34)24(2)3/h4-6,12,14-15,25-27,30,32-34H,1-3H3,(H2,23,31)/t12-,14+,15-,20-,21+,22?/m1/s1. The predicted molar refractivity (Wildman–Crippen MR) is 113 cm³/mol. The summed E-state index contributed by atoms with van der Waals surface area (Å²) in [4.78, 5) is 39.7. The molecule has 12 heteroatoms. The van der Waals surface area contributed by atoms with E-state index in [4.69, 9.17) is 5.73 Å². The number of fused-ring (bicyclic) bond motifs is 3. The van der Waals surface area contributed by atoms with Gasteiger partial charge in [0.2, 0.25) is 17.2 Å². The van der Waals surface area contributed by atoms with Crippen molar-refractivity contribution in [2.24, 2.45) is 17.6 Å². The molecule has 4 rings (SSSR count). The molecule has 1 aromatic carbocycles. The minimum Gasteiger partial charge on any atom is -0.507 e. The van der Waals surface area contributed by atoms with E-state index in [2.05, 4.69) is 0 Å². The SMILES string of the molecule is CN(C)C1(O)C(O)=C(C(N)=O)C(=O)[C@@]2(O)C(=O)C3=C(O)c4c(O)cccc4[C@@](C)(O)[C@H]3[C@H](O)[C@@H]12. The van der Waals surface area contributed by atoms with Crippen molar-refractivity contribution in [2.45, 2.75) is 30.0 Å². The average Bonchev–Trinajstić information content (AvgIpc) is 2.73. The monoisotopic (exact) mass is 476 g/mol. The Hall–Kier alpha value is -3.29. The molecule has 6 atom stereocenters. The highest BCUT2D eigenvalue weighted by molar-refractivity contribution is 6.33. The fourth-order valence-electron chi connectivity index (χ4n) is 5.60. The number of aliphatic hydroxyl groups excluding tert-OH is 3. The topological polar surface area (TPSA) is 222 Å². The number of rotatable bonds is 2. The van der Waals surface area contributed by atoms with Crippen LogP contribution in [0.5, 0.6) is 5.75 Å². The van der Waals surface area contributed by atoms with Crippen LogP contribution in [-0.2, 0) is 20.0 Å². The number of Topliss-reactive ketones (excluding diaryl/α,β-unsaturated/α-hetero) is 2. The summed E-state index contributed by atoms with van der Waals surface area (Å²) in [5.41, 5.74) is -5.75. The van der Waals surface area contributed by atoms with Gasteiger partial charge in [-0.25, -0.2) is 0 Å². The van der Waals surface area contributed by atoms with Crippen LogP contribution in [0, 0.1) is 11.8 Å². The number of carbonyl (C=O) groups is 3. The Morgan fingerprint density at radius 1 is 1.06 bits per heavy atom. The number of ketones is 2. The first kappa shape index (κ1) is 23.9. The van der Waals surface area contributed by atoms with Crippen LogP contribution in [0.15, 0.2) is 35.1 Å². The molecule has 0 aromatic heterocycles. The van der Waals surface area contributed by atoms with Gasteiger partial charge in [-0.2, -0.15) is 0 Å². The van der Waals surface area contributed by atoms with Crippen molar-refractivity contribution in [3.8, 4) is 5.75 Å². The second kappa shape index (κ2) is 6.87. The minimum atomic E-state index is -3.38. The number of nitrogens with zero attached hydrogens (tertiary/aromatic N) is 1. The number of carbonyl (C=O) groups excluding carboxylic acids is 3. The first-order valence-corrected chi connectivity index (χ1v) is 10.2. The van der Waals surface area contributed by atoms with E-state index in [1.54, 1.807) is 0 Å². The number of hydrogen-bond acceptors (Lipinski definition) is 11. The Labute approximate surface area is 192 Å². The van der Waals surface area contributed by atoms with E-state index in [1.165, 1.54) is 33.2 Å². The molecule has 1 aromatic rings. The minimum absolute atomic E-state index is 0.0795.